The monoisotopic (exact) mass is 161 g/mol. The molecule has 2 heteroatoms. The van der Waals surface area contributed by atoms with E-state index in [4.69, 9.17) is 0 Å². The molecule has 0 fully saturated rings. The number of rotatable bonds is 2. The Labute approximate surface area is 64.8 Å². The minimum absolute atomic E-state index is 0. The Morgan fingerprint density at radius 2 is 2.17 bits per heavy atom. The molecule has 0 aliphatic carbocycles. The van der Waals surface area contributed by atoms with Crippen LogP contribution < -0.4 is 5.32 Å². The van der Waals surface area contributed by atoms with Gasteiger partial charge in [-0.05, 0) is 13.6 Å². The van der Waals surface area contributed by atoms with E-state index in [0.29, 0.717) is 0 Å². The zero-order valence-corrected chi connectivity index (χ0v) is 7.04. The second kappa shape index (κ2) is 9.42. The van der Waals surface area contributed by atoms with Gasteiger partial charge in [0.2, 0.25) is 0 Å². The van der Waals surface area contributed by atoms with Crippen molar-refractivity contribution in [2.45, 2.75) is 6.42 Å². The van der Waals surface area contributed by atoms with E-state index < -0.39 is 0 Å². The van der Waals surface area contributed by atoms with Gasteiger partial charge < -0.3 is 12.2 Å². The Morgan fingerprint density at radius 3 is 2.17 bits per heavy atom. The van der Waals surface area contributed by atoms with Gasteiger partial charge in [-0.3, -0.25) is 0 Å². The van der Waals surface area contributed by atoms with Crippen LogP contribution in [0.1, 0.15) is 6.42 Å². The van der Waals surface area contributed by atoms with Gasteiger partial charge >= 0.3 is 32.7 Å². The summed E-state index contributed by atoms with van der Waals surface area (Å²) in [6.07, 6.45) is 0.983. The molecule has 0 aliphatic rings. The molecular weight excluding hydrogens is 151 g/mol. The number of hydrogen-bond donors (Lipinski definition) is 1. The van der Waals surface area contributed by atoms with E-state index in [2.05, 4.69) is 12.2 Å². The summed E-state index contributed by atoms with van der Waals surface area (Å²) in [7, 11) is 1.92. The van der Waals surface area contributed by atoms with Crippen LogP contribution >= 0.6 is 0 Å². The normalized spacial score (nSPS) is 7.00. The van der Waals surface area contributed by atoms with Gasteiger partial charge in [-0.2, -0.15) is 6.42 Å². The average Bonchev–Trinajstić information content (AvgIpc) is 1.41. The van der Waals surface area contributed by atoms with Crippen molar-refractivity contribution in [3.8, 4) is 0 Å². The molecule has 0 aromatic carbocycles. The van der Waals surface area contributed by atoms with Crippen LogP contribution in [0.25, 0.3) is 0 Å². The number of hydrogen-bond acceptors (Lipinski definition) is 1. The smallest absolute Gasteiger partial charge is 0.342 e. The third-order valence-corrected chi connectivity index (χ3v) is 0.427. The Bertz CT molecular complexity index is 15.0. The quantitative estimate of drug-likeness (QED) is 0.579. The molecule has 0 atom stereocenters. The summed E-state index contributed by atoms with van der Waals surface area (Å²) in [5, 5.41) is 2.95. The molecule has 0 radical (unpaired) electrons. The summed E-state index contributed by atoms with van der Waals surface area (Å²) in [6, 6.07) is 0. The summed E-state index contributed by atoms with van der Waals surface area (Å²) in [5.74, 6) is 0. The maximum Gasteiger partial charge on any atom is 3.00 e. The van der Waals surface area contributed by atoms with Crippen LogP contribution in [0, 0.1) is 6.92 Å². The van der Waals surface area contributed by atoms with Crippen LogP contribution in [0.4, 0.5) is 0 Å². The molecule has 32 valence electrons. The van der Waals surface area contributed by atoms with E-state index in [0.717, 1.165) is 13.0 Å². The minimum Gasteiger partial charge on any atom is -0.342 e. The largest absolute Gasteiger partial charge is 3.00 e. The molecule has 0 rings (SSSR count). The topological polar surface area (TPSA) is 12.0 Å². The van der Waals surface area contributed by atoms with Gasteiger partial charge in [0.05, 0.1) is 0 Å². The van der Waals surface area contributed by atoms with Crippen LogP contribution in [-0.2, 0) is 32.7 Å². The summed E-state index contributed by atoms with van der Waals surface area (Å²) < 4.78 is 0. The minimum atomic E-state index is 0. The Morgan fingerprint density at radius 1 is 1.67 bits per heavy atom. The molecule has 0 aromatic rings. The molecule has 0 unspecified atom stereocenters. The molecule has 0 heterocycles. The maximum atomic E-state index is 3.61. The third-order valence-electron chi connectivity index (χ3n) is 0.427. The Hall–Kier alpha value is 1.06. The molecule has 0 spiro atoms. The SMILES string of the molecule is [CH2-]CCNC.[Y+3]. The standard InChI is InChI=1S/C4H10N.Y/c1-3-4-5-2;/h5H,1,3-4H2,2H3;/q-1;+3. The van der Waals surface area contributed by atoms with Crippen molar-refractivity contribution in [3.05, 3.63) is 6.92 Å². The molecule has 0 saturated heterocycles. The van der Waals surface area contributed by atoms with E-state index >= 15 is 0 Å². The second-order valence-corrected chi connectivity index (χ2v) is 0.957. The van der Waals surface area contributed by atoms with Gasteiger partial charge in [0, 0.05) is 0 Å². The van der Waals surface area contributed by atoms with Gasteiger partial charge in [-0.15, -0.1) is 0 Å². The summed E-state index contributed by atoms with van der Waals surface area (Å²) in [4.78, 5) is 0. The first-order valence-corrected chi connectivity index (χ1v) is 1.85. The average molecular weight is 161 g/mol. The van der Waals surface area contributed by atoms with E-state index in [1.165, 1.54) is 0 Å². The van der Waals surface area contributed by atoms with Gasteiger partial charge in [0.1, 0.15) is 0 Å². The predicted molar refractivity (Wildman–Crippen MR) is 23.9 cm³/mol. The van der Waals surface area contributed by atoms with Crippen LogP contribution in [0.3, 0.4) is 0 Å². The molecule has 0 saturated carbocycles. The molecule has 0 aliphatic heterocycles. The summed E-state index contributed by atoms with van der Waals surface area (Å²) in [6.45, 7) is 4.64. The van der Waals surface area contributed by atoms with Crippen LogP contribution in [0.2, 0.25) is 0 Å². The van der Waals surface area contributed by atoms with Crippen LogP contribution in [0.5, 0.6) is 0 Å². The predicted octanol–water partition coefficient (Wildman–Crippen LogP) is 0.427. The molecule has 1 nitrogen and oxygen atoms in total. The molecular formula is C4H10NY+2. The zero-order chi connectivity index (χ0) is 4.12. The molecule has 0 amide bonds. The Kier molecular flexibility index (Phi) is 15.9. The van der Waals surface area contributed by atoms with Gasteiger partial charge in [0.25, 0.3) is 0 Å². The maximum absolute atomic E-state index is 3.61. The van der Waals surface area contributed by atoms with Crippen molar-refractivity contribution >= 4 is 0 Å². The van der Waals surface area contributed by atoms with Gasteiger partial charge in [0.15, 0.2) is 0 Å². The van der Waals surface area contributed by atoms with Crippen molar-refractivity contribution in [2.75, 3.05) is 13.6 Å². The second-order valence-electron chi connectivity index (χ2n) is 0.957. The van der Waals surface area contributed by atoms with E-state index in [1.54, 1.807) is 0 Å². The molecule has 0 aromatic heterocycles. The van der Waals surface area contributed by atoms with E-state index in [1.807, 2.05) is 7.05 Å². The van der Waals surface area contributed by atoms with Gasteiger partial charge in [-0.25, -0.2) is 0 Å². The fourth-order valence-electron chi connectivity index (χ4n) is 0.177. The van der Waals surface area contributed by atoms with Crippen molar-refractivity contribution < 1.29 is 32.7 Å². The van der Waals surface area contributed by atoms with E-state index in [9.17, 15) is 0 Å². The summed E-state index contributed by atoms with van der Waals surface area (Å²) >= 11 is 0. The third kappa shape index (κ3) is 8.91. The first kappa shape index (κ1) is 10.1. The Balaban J connectivity index is 0. The van der Waals surface area contributed by atoms with Gasteiger partial charge in [-0.1, -0.05) is 0 Å². The number of nitrogens with one attached hydrogen (secondary N) is 1. The van der Waals surface area contributed by atoms with Crippen molar-refractivity contribution in [2.24, 2.45) is 0 Å². The fourth-order valence-corrected chi connectivity index (χ4v) is 0.177. The molecule has 0 bridgehead atoms. The van der Waals surface area contributed by atoms with Crippen molar-refractivity contribution in [1.82, 2.24) is 5.32 Å². The van der Waals surface area contributed by atoms with Crippen molar-refractivity contribution in [3.63, 3.8) is 0 Å². The first-order valence-electron chi connectivity index (χ1n) is 1.85. The van der Waals surface area contributed by atoms with Crippen LogP contribution in [-0.4, -0.2) is 13.6 Å². The molecule has 1 N–H and O–H groups in total. The van der Waals surface area contributed by atoms with Crippen molar-refractivity contribution in [1.29, 1.82) is 0 Å². The molecule has 6 heavy (non-hydrogen) atoms. The first-order chi connectivity index (χ1) is 2.41. The van der Waals surface area contributed by atoms with Crippen LogP contribution in [0.15, 0.2) is 0 Å². The summed E-state index contributed by atoms with van der Waals surface area (Å²) in [5.41, 5.74) is 0. The van der Waals surface area contributed by atoms with E-state index in [-0.39, 0.29) is 32.7 Å². The zero-order valence-electron chi connectivity index (χ0n) is 4.20. The fraction of sp³-hybridized carbons (Fsp3) is 0.750.